The van der Waals surface area contributed by atoms with Gasteiger partial charge in [-0.2, -0.15) is 0 Å². The summed E-state index contributed by atoms with van der Waals surface area (Å²) >= 11 is 1.92. The molecule has 1 unspecified atom stereocenters. The minimum Gasteiger partial charge on any atom is -0.310 e. The van der Waals surface area contributed by atoms with Gasteiger partial charge in [0, 0.05) is 23.2 Å². The van der Waals surface area contributed by atoms with E-state index in [4.69, 9.17) is 0 Å². The number of nitrogens with zero attached hydrogens (tertiary/aromatic N) is 1. The molecule has 18 heavy (non-hydrogen) atoms. The van der Waals surface area contributed by atoms with Crippen LogP contribution in [0, 0.1) is 0 Å². The molecule has 1 rings (SSSR count). The topological polar surface area (TPSA) is 15.3 Å². The van der Waals surface area contributed by atoms with E-state index in [1.807, 2.05) is 11.8 Å². The summed E-state index contributed by atoms with van der Waals surface area (Å²) in [5.41, 5.74) is 1.38. The van der Waals surface area contributed by atoms with Gasteiger partial charge in [0.05, 0.1) is 0 Å². The van der Waals surface area contributed by atoms with Crippen molar-refractivity contribution in [1.29, 1.82) is 0 Å². The van der Waals surface area contributed by atoms with E-state index < -0.39 is 0 Å². The van der Waals surface area contributed by atoms with Crippen LogP contribution in [-0.2, 0) is 0 Å². The Kier molecular flexibility index (Phi) is 7.40. The molecule has 2 nitrogen and oxygen atoms in total. The minimum absolute atomic E-state index is 0.450. The zero-order valence-corrected chi connectivity index (χ0v) is 12.9. The van der Waals surface area contributed by atoms with Crippen LogP contribution in [-0.4, -0.2) is 37.8 Å². The predicted octanol–water partition coefficient (Wildman–Crippen LogP) is 3.40. The summed E-state index contributed by atoms with van der Waals surface area (Å²) in [5, 5.41) is 3.51. The third-order valence-electron chi connectivity index (χ3n) is 2.89. The first kappa shape index (κ1) is 15.5. The highest BCUT2D eigenvalue weighted by Crippen LogP contribution is 2.20. The lowest BCUT2D eigenvalue weighted by Crippen LogP contribution is -2.19. The van der Waals surface area contributed by atoms with E-state index in [-0.39, 0.29) is 0 Å². The lowest BCUT2D eigenvalue weighted by molar-refractivity contribution is 0.437. The summed E-state index contributed by atoms with van der Waals surface area (Å²) in [6.07, 6.45) is 1.18. The maximum atomic E-state index is 3.51. The number of thioether (sulfide) groups is 1. The van der Waals surface area contributed by atoms with Crippen molar-refractivity contribution in [2.24, 2.45) is 0 Å². The Morgan fingerprint density at radius 1 is 1.22 bits per heavy atom. The number of hydrogen-bond acceptors (Lipinski definition) is 3. The predicted molar refractivity (Wildman–Crippen MR) is 82.4 cm³/mol. The summed E-state index contributed by atoms with van der Waals surface area (Å²) in [7, 11) is 4.23. The van der Waals surface area contributed by atoms with E-state index in [0.29, 0.717) is 6.04 Å². The van der Waals surface area contributed by atoms with Crippen LogP contribution in [0.1, 0.15) is 31.9 Å². The van der Waals surface area contributed by atoms with E-state index in [0.717, 1.165) is 18.8 Å². The largest absolute Gasteiger partial charge is 0.310 e. The molecule has 0 saturated carbocycles. The molecule has 0 aliphatic carbocycles. The zero-order valence-electron chi connectivity index (χ0n) is 12.1. The van der Waals surface area contributed by atoms with Gasteiger partial charge in [0.25, 0.3) is 0 Å². The van der Waals surface area contributed by atoms with Gasteiger partial charge in [-0.1, -0.05) is 19.1 Å². The molecule has 0 heterocycles. The Morgan fingerprint density at radius 2 is 1.89 bits per heavy atom. The minimum atomic E-state index is 0.450. The van der Waals surface area contributed by atoms with Crippen LogP contribution in [0.2, 0.25) is 0 Å². The lowest BCUT2D eigenvalue weighted by atomic mass is 10.1. The molecule has 0 spiro atoms. The van der Waals surface area contributed by atoms with Gasteiger partial charge in [-0.05, 0) is 51.7 Å². The second-order valence-corrected chi connectivity index (χ2v) is 6.06. The third kappa shape index (κ3) is 5.89. The van der Waals surface area contributed by atoms with Gasteiger partial charge in [-0.3, -0.25) is 0 Å². The van der Waals surface area contributed by atoms with Gasteiger partial charge >= 0.3 is 0 Å². The Balaban J connectivity index is 2.41. The fourth-order valence-corrected chi connectivity index (χ4v) is 2.70. The molecule has 0 aromatic heterocycles. The van der Waals surface area contributed by atoms with E-state index in [1.165, 1.54) is 16.9 Å². The Morgan fingerprint density at radius 3 is 2.44 bits per heavy atom. The number of benzene rings is 1. The first-order chi connectivity index (χ1) is 8.63. The molecular weight excluding hydrogens is 240 g/mol. The molecule has 0 fully saturated rings. The van der Waals surface area contributed by atoms with Crippen molar-refractivity contribution in [3.63, 3.8) is 0 Å². The molecule has 102 valence electrons. The van der Waals surface area contributed by atoms with Crippen molar-refractivity contribution in [2.75, 3.05) is 32.9 Å². The first-order valence-electron chi connectivity index (χ1n) is 6.74. The molecule has 0 amide bonds. The van der Waals surface area contributed by atoms with Crippen LogP contribution in [0.25, 0.3) is 0 Å². The van der Waals surface area contributed by atoms with Gasteiger partial charge in [0.15, 0.2) is 0 Å². The van der Waals surface area contributed by atoms with Crippen LogP contribution in [0.5, 0.6) is 0 Å². The molecule has 1 aromatic rings. The van der Waals surface area contributed by atoms with Crippen molar-refractivity contribution in [1.82, 2.24) is 10.2 Å². The standard InChI is InChI=1S/C15H26N2S/c1-5-10-16-13(2)14-6-8-15(9-7-14)18-12-11-17(3)4/h6-9,13,16H,5,10-12H2,1-4H3. The average Bonchev–Trinajstić information content (AvgIpc) is 2.36. The summed E-state index contributed by atoms with van der Waals surface area (Å²) in [4.78, 5) is 3.58. The average molecular weight is 266 g/mol. The van der Waals surface area contributed by atoms with Crippen molar-refractivity contribution in [2.45, 2.75) is 31.2 Å². The highest BCUT2D eigenvalue weighted by atomic mass is 32.2. The molecule has 0 bridgehead atoms. The summed E-state index contributed by atoms with van der Waals surface area (Å²) in [5.74, 6) is 1.15. The lowest BCUT2D eigenvalue weighted by Gasteiger charge is -2.14. The van der Waals surface area contributed by atoms with E-state index in [1.54, 1.807) is 0 Å². The van der Waals surface area contributed by atoms with Crippen LogP contribution < -0.4 is 5.32 Å². The van der Waals surface area contributed by atoms with Crippen molar-refractivity contribution < 1.29 is 0 Å². The highest BCUT2D eigenvalue weighted by Gasteiger charge is 2.03. The van der Waals surface area contributed by atoms with Gasteiger partial charge in [0.2, 0.25) is 0 Å². The molecule has 0 radical (unpaired) electrons. The normalized spacial score (nSPS) is 12.9. The fourth-order valence-electron chi connectivity index (χ4n) is 1.68. The van der Waals surface area contributed by atoms with Gasteiger partial charge < -0.3 is 10.2 Å². The molecule has 1 atom stereocenters. The van der Waals surface area contributed by atoms with E-state index in [2.05, 4.69) is 62.4 Å². The maximum Gasteiger partial charge on any atom is 0.0291 e. The Hall–Kier alpha value is -0.510. The van der Waals surface area contributed by atoms with Crippen LogP contribution in [0.3, 0.4) is 0 Å². The van der Waals surface area contributed by atoms with Crippen molar-refractivity contribution >= 4 is 11.8 Å². The van der Waals surface area contributed by atoms with Gasteiger partial charge in [-0.25, -0.2) is 0 Å². The van der Waals surface area contributed by atoms with E-state index in [9.17, 15) is 0 Å². The molecule has 3 heteroatoms. The van der Waals surface area contributed by atoms with Gasteiger partial charge in [-0.15, -0.1) is 11.8 Å². The molecular formula is C15H26N2S. The number of hydrogen-bond donors (Lipinski definition) is 1. The SMILES string of the molecule is CCCNC(C)c1ccc(SCCN(C)C)cc1. The van der Waals surface area contributed by atoms with Gasteiger partial charge in [0.1, 0.15) is 0 Å². The highest BCUT2D eigenvalue weighted by molar-refractivity contribution is 7.99. The Bertz CT molecular complexity index is 322. The molecule has 0 aliphatic heterocycles. The smallest absolute Gasteiger partial charge is 0.0291 e. The van der Waals surface area contributed by atoms with Crippen molar-refractivity contribution in [3.05, 3.63) is 29.8 Å². The zero-order chi connectivity index (χ0) is 13.4. The van der Waals surface area contributed by atoms with Crippen LogP contribution in [0.15, 0.2) is 29.2 Å². The molecule has 1 aromatic carbocycles. The first-order valence-corrected chi connectivity index (χ1v) is 7.73. The second kappa shape index (κ2) is 8.57. The molecule has 1 N–H and O–H groups in total. The monoisotopic (exact) mass is 266 g/mol. The van der Waals surface area contributed by atoms with Crippen LogP contribution in [0.4, 0.5) is 0 Å². The van der Waals surface area contributed by atoms with Crippen LogP contribution >= 0.6 is 11.8 Å². The summed E-state index contributed by atoms with van der Waals surface area (Å²) in [6, 6.07) is 9.40. The third-order valence-corrected chi connectivity index (χ3v) is 3.88. The number of nitrogens with one attached hydrogen (secondary N) is 1. The molecule has 0 saturated heterocycles. The number of rotatable bonds is 8. The maximum absolute atomic E-state index is 3.51. The summed E-state index contributed by atoms with van der Waals surface area (Å²) in [6.45, 7) is 6.63. The van der Waals surface area contributed by atoms with E-state index >= 15 is 0 Å². The second-order valence-electron chi connectivity index (χ2n) is 4.90. The van der Waals surface area contributed by atoms with Crippen molar-refractivity contribution in [3.8, 4) is 0 Å². The fraction of sp³-hybridized carbons (Fsp3) is 0.600. The Labute approximate surface area is 116 Å². The molecule has 0 aliphatic rings. The summed E-state index contributed by atoms with van der Waals surface area (Å²) < 4.78 is 0. The quantitative estimate of drug-likeness (QED) is 0.726.